The Bertz CT molecular complexity index is 1380. The summed E-state index contributed by atoms with van der Waals surface area (Å²) < 4.78 is 32.0. The maximum atomic E-state index is 15.1. The highest BCUT2D eigenvalue weighted by Crippen LogP contribution is 2.46. The van der Waals surface area contributed by atoms with Gasteiger partial charge in [0.1, 0.15) is 17.2 Å². The van der Waals surface area contributed by atoms with Crippen LogP contribution >= 0.6 is 0 Å². The van der Waals surface area contributed by atoms with E-state index in [1.54, 1.807) is 10.7 Å². The molecule has 3 heterocycles. The van der Waals surface area contributed by atoms with Gasteiger partial charge in [0.25, 0.3) is 5.91 Å². The molecule has 2 aliphatic heterocycles. The summed E-state index contributed by atoms with van der Waals surface area (Å²) >= 11 is 0. The van der Waals surface area contributed by atoms with Crippen LogP contribution in [0, 0.1) is 11.6 Å². The first kappa shape index (κ1) is 19.1. The maximum absolute atomic E-state index is 15.1. The summed E-state index contributed by atoms with van der Waals surface area (Å²) in [7, 11) is 1.83. The molecule has 1 aromatic heterocycles. The average Bonchev–Trinajstić information content (AvgIpc) is 3.23. The Morgan fingerprint density at radius 1 is 1.06 bits per heavy atom. The second-order valence-corrected chi connectivity index (χ2v) is 8.49. The van der Waals surface area contributed by atoms with Crippen LogP contribution < -0.4 is 10.2 Å². The molecular formula is C25H20F2N4O. The van der Waals surface area contributed by atoms with E-state index < -0.39 is 17.2 Å². The van der Waals surface area contributed by atoms with Gasteiger partial charge in [0.2, 0.25) is 0 Å². The predicted molar refractivity (Wildman–Crippen MR) is 118 cm³/mol. The lowest BCUT2D eigenvalue weighted by Gasteiger charge is -2.38. The van der Waals surface area contributed by atoms with E-state index in [0.717, 1.165) is 23.0 Å². The van der Waals surface area contributed by atoms with Crippen LogP contribution in [0.3, 0.4) is 0 Å². The Hall–Kier alpha value is -3.58. The minimum atomic E-state index is -0.761. The number of hydrogen-bond donors (Lipinski definition) is 1. The van der Waals surface area contributed by atoms with Crippen LogP contribution in [0.15, 0.2) is 60.8 Å². The van der Waals surface area contributed by atoms with Crippen molar-refractivity contribution in [2.75, 3.05) is 11.4 Å². The Balaban J connectivity index is 1.37. The quantitative estimate of drug-likeness (QED) is 0.529. The smallest absolute Gasteiger partial charge is 0.252 e. The third kappa shape index (κ3) is 2.64. The van der Waals surface area contributed by atoms with Crippen molar-refractivity contribution in [3.8, 4) is 11.1 Å². The summed E-state index contributed by atoms with van der Waals surface area (Å²) in [5.41, 5.74) is 2.67. The SMILES string of the molecule is Cn1cc2cc(-c3cc(F)c(CN4C(=O)C5(CCN5)c5ccccc54)c(F)c3)ccc2n1. The number of halogens is 2. The minimum Gasteiger partial charge on any atom is -0.306 e. The van der Waals surface area contributed by atoms with Gasteiger partial charge in [-0.15, -0.1) is 0 Å². The first-order valence-electron chi connectivity index (χ1n) is 10.5. The number of nitrogens with zero attached hydrogens (tertiary/aromatic N) is 3. The van der Waals surface area contributed by atoms with Gasteiger partial charge in [-0.05, 0) is 54.4 Å². The minimum absolute atomic E-state index is 0.115. The van der Waals surface area contributed by atoms with Crippen LogP contribution in [0.5, 0.6) is 0 Å². The second-order valence-electron chi connectivity index (χ2n) is 8.49. The molecule has 1 saturated heterocycles. The number of hydrogen-bond acceptors (Lipinski definition) is 3. The van der Waals surface area contributed by atoms with Crippen molar-refractivity contribution >= 4 is 22.5 Å². The molecule has 32 heavy (non-hydrogen) atoms. The molecule has 2 aliphatic rings. The van der Waals surface area contributed by atoms with Crippen molar-refractivity contribution in [2.45, 2.75) is 18.5 Å². The van der Waals surface area contributed by atoms with Crippen LogP contribution in [-0.4, -0.2) is 22.2 Å². The number of fused-ring (bicyclic) bond motifs is 3. The van der Waals surface area contributed by atoms with Gasteiger partial charge >= 0.3 is 0 Å². The van der Waals surface area contributed by atoms with E-state index in [9.17, 15) is 4.79 Å². The van der Waals surface area contributed by atoms with Gasteiger partial charge in [-0.25, -0.2) is 8.78 Å². The summed E-state index contributed by atoms with van der Waals surface area (Å²) in [5.74, 6) is -1.49. The van der Waals surface area contributed by atoms with Crippen LogP contribution in [0.1, 0.15) is 17.5 Å². The van der Waals surface area contributed by atoms with E-state index in [1.165, 1.54) is 17.0 Å². The summed E-state index contributed by atoms with van der Waals surface area (Å²) in [5, 5.41) is 8.46. The summed E-state index contributed by atoms with van der Waals surface area (Å²) in [4.78, 5) is 14.7. The highest BCUT2D eigenvalue weighted by Gasteiger charge is 2.54. The first-order chi connectivity index (χ1) is 15.5. The third-order valence-electron chi connectivity index (χ3n) is 6.60. The number of amides is 1. The molecule has 5 nitrogen and oxygen atoms in total. The third-order valence-corrected chi connectivity index (χ3v) is 6.60. The van der Waals surface area contributed by atoms with Crippen molar-refractivity contribution < 1.29 is 13.6 Å². The van der Waals surface area contributed by atoms with Crippen LogP contribution in [0.4, 0.5) is 14.5 Å². The molecule has 1 unspecified atom stereocenters. The molecule has 1 N–H and O–H groups in total. The van der Waals surface area contributed by atoms with Gasteiger partial charge in [-0.2, -0.15) is 5.10 Å². The number of nitrogens with one attached hydrogen (secondary N) is 1. The summed E-state index contributed by atoms with van der Waals surface area (Å²) in [6, 6.07) is 15.6. The average molecular weight is 430 g/mol. The zero-order valence-corrected chi connectivity index (χ0v) is 17.4. The van der Waals surface area contributed by atoms with Crippen molar-refractivity contribution in [1.82, 2.24) is 15.1 Å². The maximum Gasteiger partial charge on any atom is 0.252 e. The zero-order chi connectivity index (χ0) is 22.0. The van der Waals surface area contributed by atoms with Crippen molar-refractivity contribution in [3.05, 3.63) is 83.6 Å². The topological polar surface area (TPSA) is 50.2 Å². The normalized spacial score (nSPS) is 19.6. The predicted octanol–water partition coefficient (Wildman–Crippen LogP) is 4.25. The highest BCUT2D eigenvalue weighted by molar-refractivity contribution is 6.08. The fraction of sp³-hybridized carbons (Fsp3) is 0.200. The molecule has 3 aromatic carbocycles. The monoisotopic (exact) mass is 430 g/mol. The van der Waals surface area contributed by atoms with Gasteiger partial charge in [-0.1, -0.05) is 24.3 Å². The Kier molecular flexibility index (Phi) is 4.01. The Labute approximate surface area is 183 Å². The first-order valence-corrected chi connectivity index (χ1v) is 10.5. The molecule has 0 radical (unpaired) electrons. The molecular weight excluding hydrogens is 410 g/mol. The number of aromatic nitrogens is 2. The van der Waals surface area contributed by atoms with E-state index in [1.807, 2.05) is 49.6 Å². The van der Waals surface area contributed by atoms with E-state index in [-0.39, 0.29) is 18.0 Å². The molecule has 1 fully saturated rings. The molecule has 7 heteroatoms. The number of para-hydroxylation sites is 1. The Morgan fingerprint density at radius 3 is 2.53 bits per heavy atom. The number of carbonyl (C=O) groups excluding carboxylic acids is 1. The lowest BCUT2D eigenvalue weighted by atomic mass is 9.82. The Morgan fingerprint density at radius 2 is 1.81 bits per heavy atom. The summed E-state index contributed by atoms with van der Waals surface area (Å²) in [6.07, 6.45) is 2.54. The molecule has 0 saturated carbocycles. The van der Waals surface area contributed by atoms with Gasteiger partial charge in [0.05, 0.1) is 12.1 Å². The lowest BCUT2D eigenvalue weighted by Crippen LogP contribution is -2.59. The number of aryl methyl sites for hydroxylation is 1. The van der Waals surface area contributed by atoms with Crippen molar-refractivity contribution in [1.29, 1.82) is 0 Å². The molecule has 160 valence electrons. The molecule has 0 bridgehead atoms. The fourth-order valence-electron chi connectivity index (χ4n) is 4.88. The van der Waals surface area contributed by atoms with E-state index in [2.05, 4.69) is 10.4 Å². The highest BCUT2D eigenvalue weighted by atomic mass is 19.1. The second kappa shape index (κ2) is 6.71. The largest absolute Gasteiger partial charge is 0.306 e. The van der Waals surface area contributed by atoms with Crippen molar-refractivity contribution in [3.63, 3.8) is 0 Å². The number of carbonyl (C=O) groups is 1. The van der Waals surface area contributed by atoms with Gasteiger partial charge in [-0.3, -0.25) is 14.8 Å². The van der Waals surface area contributed by atoms with E-state index >= 15 is 8.78 Å². The van der Waals surface area contributed by atoms with Gasteiger partial charge in [0.15, 0.2) is 0 Å². The molecule has 6 rings (SSSR count). The van der Waals surface area contributed by atoms with Crippen LogP contribution in [0.25, 0.3) is 22.0 Å². The number of rotatable bonds is 3. The van der Waals surface area contributed by atoms with Crippen LogP contribution in [0.2, 0.25) is 0 Å². The fourth-order valence-corrected chi connectivity index (χ4v) is 4.88. The number of anilines is 1. The lowest BCUT2D eigenvalue weighted by molar-refractivity contribution is -0.127. The van der Waals surface area contributed by atoms with Gasteiger partial charge < -0.3 is 4.90 Å². The van der Waals surface area contributed by atoms with E-state index in [4.69, 9.17) is 0 Å². The number of benzene rings is 3. The molecule has 0 aliphatic carbocycles. The molecule has 1 amide bonds. The van der Waals surface area contributed by atoms with E-state index in [0.29, 0.717) is 23.2 Å². The zero-order valence-electron chi connectivity index (χ0n) is 17.4. The van der Waals surface area contributed by atoms with Crippen LogP contribution in [-0.2, 0) is 23.9 Å². The molecule has 1 spiro atoms. The van der Waals surface area contributed by atoms with Gasteiger partial charge in [0, 0.05) is 35.4 Å². The standard InChI is InChI=1S/C25H20F2N4O/c1-30-13-17-10-15(6-7-22(17)29-30)16-11-20(26)18(21(27)12-16)14-31-23-5-3-2-4-19(23)25(24(31)32)8-9-28-25/h2-7,10-13,28H,8-9,14H2,1H3. The summed E-state index contributed by atoms with van der Waals surface area (Å²) in [6.45, 7) is 0.589. The van der Waals surface area contributed by atoms with Crippen molar-refractivity contribution in [2.24, 2.45) is 7.05 Å². The molecule has 4 aromatic rings. The molecule has 1 atom stereocenters.